The lowest BCUT2D eigenvalue weighted by Crippen LogP contribution is -2.38. The lowest BCUT2D eigenvalue weighted by Gasteiger charge is -2.28. The number of nitriles is 1. The van der Waals surface area contributed by atoms with E-state index in [1.165, 1.54) is 6.26 Å². The Bertz CT molecular complexity index is 1220. The molecule has 8 heteroatoms. The minimum absolute atomic E-state index is 0.00142. The Hall–Kier alpha value is -2.89. The van der Waals surface area contributed by atoms with Gasteiger partial charge in [0.25, 0.3) is 0 Å². The van der Waals surface area contributed by atoms with Crippen molar-refractivity contribution in [1.29, 1.82) is 5.26 Å². The molecule has 2 N–H and O–H groups in total. The van der Waals surface area contributed by atoms with Gasteiger partial charge >= 0.3 is 0 Å². The summed E-state index contributed by atoms with van der Waals surface area (Å²) in [5, 5.41) is 8.99. The predicted molar refractivity (Wildman–Crippen MR) is 117 cm³/mol. The number of aromatic nitrogens is 2. The van der Waals surface area contributed by atoms with E-state index in [1.54, 1.807) is 16.4 Å². The second kappa shape index (κ2) is 7.74. The molecule has 1 atom stereocenters. The van der Waals surface area contributed by atoms with Crippen LogP contribution in [0.4, 0.5) is 5.69 Å². The molecule has 0 radical (unpaired) electrons. The van der Waals surface area contributed by atoms with Crippen LogP contribution in [0.2, 0.25) is 0 Å². The Morgan fingerprint density at radius 1 is 1.20 bits per heavy atom. The summed E-state index contributed by atoms with van der Waals surface area (Å²) in [6, 6.07) is 14.4. The van der Waals surface area contributed by atoms with Crippen molar-refractivity contribution in [3.63, 3.8) is 0 Å². The van der Waals surface area contributed by atoms with Crippen LogP contribution in [-0.4, -0.2) is 30.3 Å². The standard InChI is InChI=1S/C22H25N5O2S/c1-26-20-12-11-18(27(30(2,28)29)17-5-3-4-6-17)13-19(20)25-22(26)21(24)16-9-7-15(14-23)8-10-16/h7-13,17,21H,3-6,24H2,1-2H3. The monoisotopic (exact) mass is 423 g/mol. The van der Waals surface area contributed by atoms with Crippen LogP contribution >= 0.6 is 0 Å². The van der Waals surface area contributed by atoms with E-state index >= 15 is 0 Å². The first-order valence-corrected chi connectivity index (χ1v) is 11.9. The maximum atomic E-state index is 12.5. The summed E-state index contributed by atoms with van der Waals surface area (Å²) in [7, 11) is -1.49. The number of anilines is 1. The molecule has 0 aliphatic heterocycles. The van der Waals surface area contributed by atoms with Crippen molar-refractivity contribution in [1.82, 2.24) is 9.55 Å². The van der Waals surface area contributed by atoms with E-state index in [1.807, 2.05) is 41.9 Å². The van der Waals surface area contributed by atoms with E-state index in [0.29, 0.717) is 22.6 Å². The molecule has 1 aliphatic rings. The van der Waals surface area contributed by atoms with Crippen molar-refractivity contribution in [3.05, 3.63) is 59.4 Å². The van der Waals surface area contributed by atoms with E-state index in [4.69, 9.17) is 16.0 Å². The zero-order valence-electron chi connectivity index (χ0n) is 17.1. The molecule has 0 amide bonds. The number of fused-ring (bicyclic) bond motifs is 1. The highest BCUT2D eigenvalue weighted by Gasteiger charge is 2.30. The van der Waals surface area contributed by atoms with Crippen molar-refractivity contribution in [2.24, 2.45) is 12.8 Å². The SMILES string of the molecule is Cn1c(C(N)c2ccc(C#N)cc2)nc2cc(N(C3CCCC3)S(C)(=O)=O)ccc21. The quantitative estimate of drug-likeness (QED) is 0.678. The third-order valence-electron chi connectivity index (χ3n) is 5.84. The van der Waals surface area contributed by atoms with Crippen LogP contribution in [0, 0.1) is 11.3 Å². The fourth-order valence-electron chi connectivity index (χ4n) is 4.35. The number of sulfonamides is 1. The Labute approximate surface area is 176 Å². The van der Waals surface area contributed by atoms with Crippen molar-refractivity contribution in [3.8, 4) is 6.07 Å². The molecule has 7 nitrogen and oxygen atoms in total. The van der Waals surface area contributed by atoms with Crippen molar-refractivity contribution >= 4 is 26.7 Å². The number of benzene rings is 2. The number of aryl methyl sites for hydroxylation is 1. The van der Waals surface area contributed by atoms with Crippen LogP contribution in [0.3, 0.4) is 0 Å². The number of hydrogen-bond donors (Lipinski definition) is 1. The van der Waals surface area contributed by atoms with Gasteiger partial charge < -0.3 is 10.3 Å². The molecule has 1 heterocycles. The minimum atomic E-state index is -3.39. The third-order valence-corrected chi connectivity index (χ3v) is 7.07. The summed E-state index contributed by atoms with van der Waals surface area (Å²) in [6.07, 6.45) is 5.11. The molecular formula is C22H25N5O2S. The molecular weight excluding hydrogens is 398 g/mol. The molecule has 1 saturated carbocycles. The van der Waals surface area contributed by atoms with E-state index in [-0.39, 0.29) is 6.04 Å². The van der Waals surface area contributed by atoms with E-state index in [9.17, 15) is 8.42 Å². The smallest absolute Gasteiger partial charge is 0.232 e. The summed E-state index contributed by atoms with van der Waals surface area (Å²) in [6.45, 7) is 0. The summed E-state index contributed by atoms with van der Waals surface area (Å²) in [5.74, 6) is 0.679. The van der Waals surface area contributed by atoms with Gasteiger partial charge in [-0.15, -0.1) is 0 Å². The van der Waals surface area contributed by atoms with Gasteiger partial charge in [0.2, 0.25) is 10.0 Å². The molecule has 156 valence electrons. The first-order valence-electron chi connectivity index (χ1n) is 10.0. The van der Waals surface area contributed by atoms with Crippen LogP contribution in [0.1, 0.15) is 48.7 Å². The molecule has 0 saturated heterocycles. The van der Waals surface area contributed by atoms with Crippen LogP contribution < -0.4 is 10.0 Å². The average molecular weight is 424 g/mol. The summed E-state index contributed by atoms with van der Waals surface area (Å²) in [5.41, 5.74) is 10.1. The van der Waals surface area contributed by atoms with Gasteiger partial charge in [-0.2, -0.15) is 5.26 Å². The number of nitrogens with two attached hydrogens (primary N) is 1. The Morgan fingerprint density at radius 2 is 1.87 bits per heavy atom. The zero-order chi connectivity index (χ0) is 21.5. The molecule has 30 heavy (non-hydrogen) atoms. The first-order chi connectivity index (χ1) is 14.3. The maximum Gasteiger partial charge on any atom is 0.232 e. The first kappa shape index (κ1) is 20.4. The average Bonchev–Trinajstić information content (AvgIpc) is 3.35. The minimum Gasteiger partial charge on any atom is -0.330 e. The van der Waals surface area contributed by atoms with Gasteiger partial charge in [-0.3, -0.25) is 4.31 Å². The van der Waals surface area contributed by atoms with Gasteiger partial charge in [0.1, 0.15) is 5.82 Å². The summed E-state index contributed by atoms with van der Waals surface area (Å²) in [4.78, 5) is 4.73. The molecule has 1 aromatic heterocycles. The second-order valence-corrected chi connectivity index (χ2v) is 9.77. The molecule has 1 aliphatic carbocycles. The van der Waals surface area contributed by atoms with Gasteiger partial charge in [0.05, 0.1) is 40.7 Å². The second-order valence-electron chi connectivity index (χ2n) is 7.91. The number of rotatable bonds is 5. The van der Waals surface area contributed by atoms with Crippen molar-refractivity contribution in [2.45, 2.75) is 37.8 Å². The highest BCUT2D eigenvalue weighted by atomic mass is 32.2. The van der Waals surface area contributed by atoms with Crippen molar-refractivity contribution < 1.29 is 8.42 Å². The Morgan fingerprint density at radius 3 is 2.47 bits per heavy atom. The van der Waals surface area contributed by atoms with Gasteiger partial charge in [0, 0.05) is 13.1 Å². The van der Waals surface area contributed by atoms with Gasteiger partial charge in [-0.25, -0.2) is 13.4 Å². The number of imidazole rings is 1. The predicted octanol–water partition coefficient (Wildman–Crippen LogP) is 3.20. The largest absolute Gasteiger partial charge is 0.330 e. The Balaban J connectivity index is 1.74. The van der Waals surface area contributed by atoms with Crippen LogP contribution in [-0.2, 0) is 17.1 Å². The van der Waals surface area contributed by atoms with Crippen molar-refractivity contribution in [2.75, 3.05) is 10.6 Å². The summed E-state index contributed by atoms with van der Waals surface area (Å²) >= 11 is 0. The zero-order valence-corrected chi connectivity index (χ0v) is 17.9. The topological polar surface area (TPSA) is 105 Å². The fourth-order valence-corrected chi connectivity index (χ4v) is 5.60. The molecule has 1 unspecified atom stereocenters. The molecule has 2 aromatic carbocycles. The third kappa shape index (κ3) is 3.66. The lowest BCUT2D eigenvalue weighted by atomic mass is 10.1. The highest BCUT2D eigenvalue weighted by molar-refractivity contribution is 7.92. The molecule has 3 aromatic rings. The number of hydrogen-bond acceptors (Lipinski definition) is 5. The lowest BCUT2D eigenvalue weighted by molar-refractivity contribution is 0.580. The van der Waals surface area contributed by atoms with Gasteiger partial charge in [-0.05, 0) is 48.7 Å². The van der Waals surface area contributed by atoms with E-state index < -0.39 is 16.1 Å². The van der Waals surface area contributed by atoms with E-state index in [0.717, 1.165) is 36.8 Å². The van der Waals surface area contributed by atoms with Crippen LogP contribution in [0.5, 0.6) is 0 Å². The molecule has 4 rings (SSSR count). The Kier molecular flexibility index (Phi) is 5.26. The van der Waals surface area contributed by atoms with Crippen LogP contribution in [0.25, 0.3) is 11.0 Å². The maximum absolute atomic E-state index is 12.5. The van der Waals surface area contributed by atoms with Gasteiger partial charge in [0.15, 0.2) is 0 Å². The summed E-state index contributed by atoms with van der Waals surface area (Å²) < 4.78 is 28.5. The highest BCUT2D eigenvalue weighted by Crippen LogP contribution is 2.33. The normalized spacial score (nSPS) is 15.9. The van der Waals surface area contributed by atoms with Crippen LogP contribution in [0.15, 0.2) is 42.5 Å². The molecule has 1 fully saturated rings. The molecule has 0 spiro atoms. The van der Waals surface area contributed by atoms with E-state index in [2.05, 4.69) is 6.07 Å². The van der Waals surface area contributed by atoms with Gasteiger partial charge in [-0.1, -0.05) is 25.0 Å². The number of nitrogens with zero attached hydrogens (tertiary/aromatic N) is 4. The fraction of sp³-hybridized carbons (Fsp3) is 0.364. The molecule has 0 bridgehead atoms.